The topological polar surface area (TPSA) is 78.7 Å². The average Bonchev–Trinajstić information content (AvgIpc) is 3.14. The molecule has 1 aliphatic heterocycles. The summed E-state index contributed by atoms with van der Waals surface area (Å²) in [5.41, 5.74) is 4.32. The number of aryl methyl sites for hydroxylation is 1. The molecule has 8 nitrogen and oxygen atoms in total. The molecule has 3 aromatic rings. The van der Waals surface area contributed by atoms with Gasteiger partial charge in [0.05, 0.1) is 67.4 Å². The molecule has 1 aromatic carbocycles. The second kappa shape index (κ2) is 9.33. The standard InChI is InChI=1S/C22H28N4O4S/c1-15-12-23-19(16(2)21(15)29-4)13-31(27)22-24-18-6-5-17(28-3)11-20(18)26(22)14-25-7-9-30-10-8-25/h5-6,11-12H,7-10,13-14H2,1-4H3. The van der Waals surface area contributed by atoms with E-state index in [2.05, 4.69) is 9.88 Å². The first-order valence-electron chi connectivity index (χ1n) is 10.2. The van der Waals surface area contributed by atoms with Crippen LogP contribution in [0.3, 0.4) is 0 Å². The van der Waals surface area contributed by atoms with E-state index in [1.165, 1.54) is 0 Å². The third-order valence-electron chi connectivity index (χ3n) is 5.59. The molecule has 0 aliphatic carbocycles. The maximum absolute atomic E-state index is 13.5. The van der Waals surface area contributed by atoms with Gasteiger partial charge in [-0.1, -0.05) is 0 Å². The smallest absolute Gasteiger partial charge is 0.201 e. The fourth-order valence-electron chi connectivity index (χ4n) is 3.87. The number of hydrogen-bond donors (Lipinski definition) is 0. The Morgan fingerprint density at radius 1 is 1.16 bits per heavy atom. The lowest BCUT2D eigenvalue weighted by Crippen LogP contribution is -2.37. The van der Waals surface area contributed by atoms with Crippen LogP contribution >= 0.6 is 0 Å². The average molecular weight is 445 g/mol. The van der Waals surface area contributed by atoms with E-state index in [9.17, 15) is 4.21 Å². The Kier molecular flexibility index (Phi) is 6.54. The van der Waals surface area contributed by atoms with Crippen molar-refractivity contribution >= 4 is 21.8 Å². The van der Waals surface area contributed by atoms with Gasteiger partial charge in [-0.05, 0) is 26.0 Å². The Morgan fingerprint density at radius 3 is 2.65 bits per heavy atom. The largest absolute Gasteiger partial charge is 0.497 e. The lowest BCUT2D eigenvalue weighted by molar-refractivity contribution is 0.0227. The summed E-state index contributed by atoms with van der Waals surface area (Å²) in [7, 11) is 1.90. The summed E-state index contributed by atoms with van der Waals surface area (Å²) in [5.74, 6) is 1.80. The summed E-state index contributed by atoms with van der Waals surface area (Å²) < 4.78 is 31.9. The van der Waals surface area contributed by atoms with Crippen molar-refractivity contribution in [3.63, 3.8) is 0 Å². The number of morpholine rings is 1. The van der Waals surface area contributed by atoms with Gasteiger partial charge < -0.3 is 18.8 Å². The van der Waals surface area contributed by atoms with Crippen molar-refractivity contribution in [3.05, 3.63) is 41.2 Å². The van der Waals surface area contributed by atoms with Crippen molar-refractivity contribution in [1.29, 1.82) is 0 Å². The molecule has 166 valence electrons. The Balaban J connectivity index is 1.72. The molecule has 1 atom stereocenters. The molecule has 1 saturated heterocycles. The van der Waals surface area contributed by atoms with Crippen molar-refractivity contribution in [2.24, 2.45) is 0 Å². The first-order chi connectivity index (χ1) is 15.0. The van der Waals surface area contributed by atoms with Crippen LogP contribution in [0.1, 0.15) is 16.8 Å². The van der Waals surface area contributed by atoms with Gasteiger partial charge in [0.2, 0.25) is 5.16 Å². The van der Waals surface area contributed by atoms with Crippen LogP contribution < -0.4 is 9.47 Å². The Bertz CT molecular complexity index is 1110. The van der Waals surface area contributed by atoms with Crippen LogP contribution in [0.15, 0.2) is 29.6 Å². The van der Waals surface area contributed by atoms with Crippen molar-refractivity contribution in [1.82, 2.24) is 19.4 Å². The number of hydrogen-bond acceptors (Lipinski definition) is 7. The van der Waals surface area contributed by atoms with Crippen LogP contribution in [-0.2, 0) is 28.0 Å². The number of benzene rings is 1. The fourth-order valence-corrected chi connectivity index (χ4v) is 5.14. The number of ether oxygens (including phenoxy) is 3. The maximum Gasteiger partial charge on any atom is 0.201 e. The molecular weight excluding hydrogens is 416 g/mol. The lowest BCUT2D eigenvalue weighted by Gasteiger charge is -2.27. The van der Waals surface area contributed by atoms with Crippen LogP contribution in [0.5, 0.6) is 11.5 Å². The van der Waals surface area contributed by atoms with Crippen LogP contribution in [-0.4, -0.2) is 64.2 Å². The quantitative estimate of drug-likeness (QED) is 0.554. The van der Waals surface area contributed by atoms with Crippen LogP contribution in [0.4, 0.5) is 0 Å². The van der Waals surface area contributed by atoms with Gasteiger partial charge in [-0.3, -0.25) is 14.1 Å². The van der Waals surface area contributed by atoms with Gasteiger partial charge in [-0.15, -0.1) is 0 Å². The molecule has 1 unspecified atom stereocenters. The minimum Gasteiger partial charge on any atom is -0.497 e. The summed E-state index contributed by atoms with van der Waals surface area (Å²) >= 11 is 0. The molecule has 1 aliphatic rings. The molecule has 1 fully saturated rings. The first-order valence-corrected chi connectivity index (χ1v) is 11.6. The van der Waals surface area contributed by atoms with E-state index in [0.717, 1.165) is 52.4 Å². The molecule has 31 heavy (non-hydrogen) atoms. The van der Waals surface area contributed by atoms with Crippen molar-refractivity contribution in [2.45, 2.75) is 31.4 Å². The summed E-state index contributed by atoms with van der Waals surface area (Å²) in [4.78, 5) is 11.5. The molecule has 0 saturated carbocycles. The van der Waals surface area contributed by atoms with E-state index in [1.54, 1.807) is 20.4 Å². The number of pyridine rings is 1. The fraction of sp³-hybridized carbons (Fsp3) is 0.455. The highest BCUT2D eigenvalue weighted by molar-refractivity contribution is 7.84. The summed E-state index contributed by atoms with van der Waals surface area (Å²) in [6.45, 7) is 7.54. The van der Waals surface area contributed by atoms with Gasteiger partial charge in [0, 0.05) is 36.5 Å². The van der Waals surface area contributed by atoms with Crippen molar-refractivity contribution < 1.29 is 18.4 Å². The van der Waals surface area contributed by atoms with E-state index in [-0.39, 0.29) is 5.75 Å². The Morgan fingerprint density at radius 2 is 1.94 bits per heavy atom. The second-order valence-corrected chi connectivity index (χ2v) is 8.93. The molecule has 9 heteroatoms. The second-order valence-electron chi connectivity index (χ2n) is 7.58. The number of nitrogens with zero attached hydrogens (tertiary/aromatic N) is 4. The molecule has 0 radical (unpaired) electrons. The van der Waals surface area contributed by atoms with Gasteiger partial charge >= 0.3 is 0 Å². The predicted octanol–water partition coefficient (Wildman–Crippen LogP) is 2.66. The van der Waals surface area contributed by atoms with Crippen molar-refractivity contribution in [2.75, 3.05) is 40.5 Å². The van der Waals surface area contributed by atoms with Gasteiger partial charge in [-0.25, -0.2) is 4.98 Å². The van der Waals surface area contributed by atoms with Gasteiger partial charge in [0.1, 0.15) is 11.5 Å². The molecule has 0 amide bonds. The van der Waals surface area contributed by atoms with Crippen molar-refractivity contribution in [3.8, 4) is 11.5 Å². The van der Waals surface area contributed by atoms with E-state index >= 15 is 0 Å². The molecule has 3 heterocycles. The van der Waals surface area contributed by atoms with E-state index in [1.807, 2.05) is 36.6 Å². The Labute approximate surface area is 184 Å². The molecular formula is C22H28N4O4S. The van der Waals surface area contributed by atoms with Gasteiger partial charge in [-0.2, -0.15) is 0 Å². The SMILES string of the molecule is COc1ccc2nc(S(=O)Cc3ncc(C)c(OC)c3C)n(CN3CCOCC3)c2c1. The molecule has 4 rings (SSSR count). The number of rotatable bonds is 7. The van der Waals surface area contributed by atoms with Crippen LogP contribution in [0, 0.1) is 13.8 Å². The summed E-state index contributed by atoms with van der Waals surface area (Å²) in [6.07, 6.45) is 1.76. The number of aromatic nitrogens is 3. The minimum absolute atomic E-state index is 0.270. The first kappa shape index (κ1) is 21.7. The third-order valence-corrected chi connectivity index (χ3v) is 6.84. The van der Waals surface area contributed by atoms with Gasteiger partial charge in [0.25, 0.3) is 0 Å². The molecule has 0 bridgehead atoms. The van der Waals surface area contributed by atoms with E-state index in [4.69, 9.17) is 19.2 Å². The molecule has 0 spiro atoms. The number of methoxy groups -OCH3 is 2. The normalized spacial score (nSPS) is 15.9. The highest BCUT2D eigenvalue weighted by Crippen LogP contribution is 2.28. The zero-order valence-electron chi connectivity index (χ0n) is 18.4. The zero-order valence-corrected chi connectivity index (χ0v) is 19.2. The minimum atomic E-state index is -1.38. The number of fused-ring (bicyclic) bond motifs is 1. The van der Waals surface area contributed by atoms with Crippen LogP contribution in [0.25, 0.3) is 11.0 Å². The number of imidazole rings is 1. The Hall–Kier alpha value is -2.49. The molecule has 2 aromatic heterocycles. The zero-order chi connectivity index (χ0) is 22.0. The maximum atomic E-state index is 13.5. The van der Waals surface area contributed by atoms with Crippen LogP contribution in [0.2, 0.25) is 0 Å². The summed E-state index contributed by atoms with van der Waals surface area (Å²) in [6, 6.07) is 5.72. The van der Waals surface area contributed by atoms with E-state index in [0.29, 0.717) is 25.0 Å². The highest BCUT2D eigenvalue weighted by atomic mass is 32.2. The van der Waals surface area contributed by atoms with Gasteiger partial charge in [0.15, 0.2) is 0 Å². The lowest BCUT2D eigenvalue weighted by atomic mass is 10.1. The molecule has 0 N–H and O–H groups in total. The summed E-state index contributed by atoms with van der Waals surface area (Å²) in [5, 5.41) is 0.537. The van der Waals surface area contributed by atoms with E-state index < -0.39 is 10.8 Å². The highest BCUT2D eigenvalue weighted by Gasteiger charge is 2.22. The third kappa shape index (κ3) is 4.44. The monoisotopic (exact) mass is 444 g/mol. The predicted molar refractivity (Wildman–Crippen MR) is 119 cm³/mol.